The van der Waals surface area contributed by atoms with Gasteiger partial charge in [-0.3, -0.25) is 9.78 Å². The van der Waals surface area contributed by atoms with Crippen LogP contribution in [0.1, 0.15) is 25.7 Å². The Morgan fingerprint density at radius 1 is 1.33 bits per heavy atom. The van der Waals surface area contributed by atoms with Gasteiger partial charge in [-0.1, -0.05) is 6.42 Å². The van der Waals surface area contributed by atoms with Crippen LogP contribution in [0.2, 0.25) is 0 Å². The van der Waals surface area contributed by atoms with Crippen molar-refractivity contribution in [2.45, 2.75) is 31.8 Å². The molecule has 0 N–H and O–H groups in total. The number of nitrogens with zero attached hydrogens (tertiary/aromatic N) is 4. The van der Waals surface area contributed by atoms with Gasteiger partial charge in [0.25, 0.3) is 0 Å². The van der Waals surface area contributed by atoms with Gasteiger partial charge in [-0.05, 0) is 12.8 Å². The Hall–Kier alpha value is -1.85. The maximum absolute atomic E-state index is 12.2. The second-order valence-corrected chi connectivity index (χ2v) is 6.05. The quantitative estimate of drug-likeness (QED) is 0.837. The molecule has 6 nitrogen and oxygen atoms in total. The van der Waals surface area contributed by atoms with E-state index >= 15 is 0 Å². The highest BCUT2D eigenvalue weighted by Gasteiger charge is 2.34. The van der Waals surface area contributed by atoms with Crippen LogP contribution in [0.15, 0.2) is 12.4 Å². The highest BCUT2D eigenvalue weighted by Crippen LogP contribution is 2.30. The van der Waals surface area contributed by atoms with Crippen molar-refractivity contribution in [3.05, 3.63) is 12.4 Å². The second kappa shape index (κ2) is 5.87. The Balaban J connectivity index is 1.57. The molecule has 1 saturated heterocycles. The normalized spacial score (nSPS) is 22.0. The standard InChI is InChI=1S/C15H22N4O2/c1-18(2)13-8-16-9-14(17-13)21-12-6-7-19(10-12)15(20)11-4-3-5-11/h8-9,11-12H,3-7,10H2,1-2H3. The molecule has 1 unspecified atom stereocenters. The third kappa shape index (κ3) is 3.09. The van der Waals surface area contributed by atoms with Crippen molar-refractivity contribution in [1.82, 2.24) is 14.9 Å². The summed E-state index contributed by atoms with van der Waals surface area (Å²) >= 11 is 0. The molecule has 3 rings (SSSR count). The average Bonchev–Trinajstić information content (AvgIpc) is 2.85. The highest BCUT2D eigenvalue weighted by molar-refractivity contribution is 5.79. The van der Waals surface area contributed by atoms with Crippen LogP contribution < -0.4 is 9.64 Å². The smallest absolute Gasteiger partial charge is 0.234 e. The lowest BCUT2D eigenvalue weighted by molar-refractivity contribution is -0.137. The van der Waals surface area contributed by atoms with E-state index in [0.717, 1.165) is 31.6 Å². The van der Waals surface area contributed by atoms with E-state index in [2.05, 4.69) is 9.97 Å². The van der Waals surface area contributed by atoms with E-state index in [9.17, 15) is 4.79 Å². The van der Waals surface area contributed by atoms with Crippen molar-refractivity contribution in [3.63, 3.8) is 0 Å². The van der Waals surface area contributed by atoms with Crippen LogP contribution in [0.25, 0.3) is 0 Å². The van der Waals surface area contributed by atoms with E-state index < -0.39 is 0 Å². The fourth-order valence-electron chi connectivity index (χ4n) is 2.72. The Morgan fingerprint density at radius 2 is 2.14 bits per heavy atom. The summed E-state index contributed by atoms with van der Waals surface area (Å²) in [5, 5.41) is 0. The summed E-state index contributed by atoms with van der Waals surface area (Å²) in [7, 11) is 3.84. The summed E-state index contributed by atoms with van der Waals surface area (Å²) in [5.74, 6) is 1.87. The number of hydrogen-bond acceptors (Lipinski definition) is 5. The van der Waals surface area contributed by atoms with Crippen molar-refractivity contribution in [2.24, 2.45) is 5.92 Å². The highest BCUT2D eigenvalue weighted by atomic mass is 16.5. The van der Waals surface area contributed by atoms with Crippen LogP contribution in [-0.4, -0.2) is 54.1 Å². The molecular weight excluding hydrogens is 268 g/mol. The van der Waals surface area contributed by atoms with Crippen molar-refractivity contribution < 1.29 is 9.53 Å². The van der Waals surface area contributed by atoms with Gasteiger partial charge in [0.1, 0.15) is 6.10 Å². The van der Waals surface area contributed by atoms with Gasteiger partial charge < -0.3 is 14.5 Å². The fraction of sp³-hybridized carbons (Fsp3) is 0.667. The van der Waals surface area contributed by atoms with E-state index in [1.54, 1.807) is 12.4 Å². The molecule has 1 aliphatic carbocycles. The molecule has 1 aromatic rings. The first-order valence-electron chi connectivity index (χ1n) is 7.58. The van der Waals surface area contributed by atoms with E-state index in [1.807, 2.05) is 23.9 Å². The number of rotatable bonds is 4. The first-order valence-corrected chi connectivity index (χ1v) is 7.58. The van der Waals surface area contributed by atoms with Crippen LogP contribution in [0.3, 0.4) is 0 Å². The molecule has 1 aliphatic heterocycles. The molecular formula is C15H22N4O2. The number of likely N-dealkylation sites (tertiary alicyclic amines) is 1. The zero-order chi connectivity index (χ0) is 14.8. The zero-order valence-electron chi connectivity index (χ0n) is 12.7. The van der Waals surface area contributed by atoms with Gasteiger partial charge in [0.05, 0.1) is 18.9 Å². The molecule has 1 amide bonds. The lowest BCUT2D eigenvalue weighted by Crippen LogP contribution is -2.38. The number of anilines is 1. The zero-order valence-corrected chi connectivity index (χ0v) is 12.7. The number of ether oxygens (including phenoxy) is 1. The summed E-state index contributed by atoms with van der Waals surface area (Å²) in [5.41, 5.74) is 0. The molecule has 0 radical (unpaired) electrons. The minimum Gasteiger partial charge on any atom is -0.471 e. The molecule has 21 heavy (non-hydrogen) atoms. The molecule has 2 fully saturated rings. The number of carbonyl (C=O) groups excluding carboxylic acids is 1. The fourth-order valence-corrected chi connectivity index (χ4v) is 2.72. The van der Waals surface area contributed by atoms with Crippen LogP contribution in [0.5, 0.6) is 5.88 Å². The predicted octanol–water partition coefficient (Wildman–Crippen LogP) is 1.32. The van der Waals surface area contributed by atoms with Crippen LogP contribution >= 0.6 is 0 Å². The predicted molar refractivity (Wildman–Crippen MR) is 79.3 cm³/mol. The van der Waals surface area contributed by atoms with E-state index in [4.69, 9.17) is 4.74 Å². The second-order valence-electron chi connectivity index (χ2n) is 6.05. The largest absolute Gasteiger partial charge is 0.471 e. The molecule has 1 aromatic heterocycles. The van der Waals surface area contributed by atoms with Gasteiger partial charge >= 0.3 is 0 Å². The molecule has 1 atom stereocenters. The summed E-state index contributed by atoms with van der Waals surface area (Å²) in [6, 6.07) is 0. The molecule has 2 heterocycles. The average molecular weight is 290 g/mol. The number of carbonyl (C=O) groups is 1. The summed E-state index contributed by atoms with van der Waals surface area (Å²) in [6.45, 7) is 1.46. The van der Waals surface area contributed by atoms with E-state index in [0.29, 0.717) is 18.3 Å². The summed E-state index contributed by atoms with van der Waals surface area (Å²) in [6.07, 6.45) is 7.52. The summed E-state index contributed by atoms with van der Waals surface area (Å²) < 4.78 is 5.88. The Bertz CT molecular complexity index is 516. The maximum atomic E-state index is 12.2. The third-order valence-corrected chi connectivity index (χ3v) is 4.26. The first kappa shape index (κ1) is 14.1. The van der Waals surface area contributed by atoms with Gasteiger partial charge in [0.2, 0.25) is 11.8 Å². The number of amides is 1. The lowest BCUT2D eigenvalue weighted by atomic mass is 9.84. The van der Waals surface area contributed by atoms with Crippen molar-refractivity contribution in [3.8, 4) is 5.88 Å². The van der Waals surface area contributed by atoms with Gasteiger partial charge in [-0.2, -0.15) is 4.98 Å². The topological polar surface area (TPSA) is 58.6 Å². The third-order valence-electron chi connectivity index (χ3n) is 4.26. The van der Waals surface area contributed by atoms with Crippen LogP contribution in [0.4, 0.5) is 5.82 Å². The minimum absolute atomic E-state index is 0.0285. The van der Waals surface area contributed by atoms with Gasteiger partial charge in [0.15, 0.2) is 5.82 Å². The Kier molecular flexibility index (Phi) is 3.94. The van der Waals surface area contributed by atoms with Crippen LogP contribution in [-0.2, 0) is 4.79 Å². The van der Waals surface area contributed by atoms with Gasteiger partial charge in [-0.25, -0.2) is 0 Å². The van der Waals surface area contributed by atoms with Crippen LogP contribution in [0, 0.1) is 5.92 Å². The molecule has 0 aromatic carbocycles. The maximum Gasteiger partial charge on any atom is 0.234 e. The molecule has 2 aliphatic rings. The molecule has 0 bridgehead atoms. The van der Waals surface area contributed by atoms with Crippen molar-refractivity contribution in [1.29, 1.82) is 0 Å². The number of aromatic nitrogens is 2. The Morgan fingerprint density at radius 3 is 2.81 bits per heavy atom. The van der Waals surface area contributed by atoms with Gasteiger partial charge in [-0.15, -0.1) is 0 Å². The molecule has 0 spiro atoms. The minimum atomic E-state index is 0.0285. The van der Waals surface area contributed by atoms with Gasteiger partial charge in [0, 0.05) is 33.0 Å². The first-order chi connectivity index (χ1) is 10.1. The lowest BCUT2D eigenvalue weighted by Gasteiger charge is -2.29. The Labute approximate surface area is 125 Å². The summed E-state index contributed by atoms with van der Waals surface area (Å²) in [4.78, 5) is 24.6. The number of hydrogen-bond donors (Lipinski definition) is 0. The van der Waals surface area contributed by atoms with Crippen molar-refractivity contribution in [2.75, 3.05) is 32.1 Å². The SMILES string of the molecule is CN(C)c1cncc(OC2CCN(C(=O)C3CCC3)C2)n1. The van der Waals surface area contributed by atoms with Crippen molar-refractivity contribution >= 4 is 11.7 Å². The van der Waals surface area contributed by atoms with E-state index in [-0.39, 0.29) is 12.0 Å². The molecule has 114 valence electrons. The monoisotopic (exact) mass is 290 g/mol. The molecule has 1 saturated carbocycles. The molecule has 6 heteroatoms. The van der Waals surface area contributed by atoms with E-state index in [1.165, 1.54) is 6.42 Å².